The Morgan fingerprint density at radius 3 is 2.82 bits per heavy atom. The van der Waals surface area contributed by atoms with E-state index in [2.05, 4.69) is 35.9 Å². The van der Waals surface area contributed by atoms with Gasteiger partial charge in [-0.25, -0.2) is 9.50 Å². The van der Waals surface area contributed by atoms with Gasteiger partial charge in [0.15, 0.2) is 0 Å². The summed E-state index contributed by atoms with van der Waals surface area (Å²) in [4.78, 5) is 16.7. The molecule has 146 valence electrons. The molecular weight excluding hydrogens is 356 g/mol. The van der Waals surface area contributed by atoms with Crippen LogP contribution in [-0.2, 0) is 11.8 Å². The van der Waals surface area contributed by atoms with E-state index < -0.39 is 5.60 Å². The van der Waals surface area contributed by atoms with E-state index >= 15 is 0 Å². The minimum absolute atomic E-state index is 0.0902. The fourth-order valence-electron chi connectivity index (χ4n) is 3.84. The van der Waals surface area contributed by atoms with Gasteiger partial charge in [0.25, 0.3) is 0 Å². The number of likely N-dealkylation sites (N-methyl/N-ethyl adjacent to an activating group) is 1. The number of hydrogen-bond acceptors (Lipinski definition) is 5. The maximum atomic E-state index is 11.9. The third-order valence-corrected chi connectivity index (χ3v) is 5.84. The van der Waals surface area contributed by atoms with Gasteiger partial charge in [0.2, 0.25) is 11.8 Å². The van der Waals surface area contributed by atoms with Crippen molar-refractivity contribution in [2.45, 2.75) is 25.9 Å². The standard InChI is InChI=1S/C20H24N6O2/c1-12(18(27)21-4)15-8-20(3,13(15)2)28-19-17-6-7-22-26(17)11-16(24-19)14-9-23-25(5)10-14/h6-7,9-11,13,15H,1,8H2,2-5H3,(H,21,27)/t13-,15-,20+/m1/s1. The van der Waals surface area contributed by atoms with Crippen molar-refractivity contribution in [3.63, 3.8) is 0 Å². The number of nitrogens with one attached hydrogen (secondary N) is 1. The first-order chi connectivity index (χ1) is 13.3. The van der Waals surface area contributed by atoms with E-state index in [0.717, 1.165) is 16.8 Å². The Balaban J connectivity index is 1.64. The lowest BCUT2D eigenvalue weighted by Gasteiger charge is -2.51. The molecule has 0 bridgehead atoms. The van der Waals surface area contributed by atoms with Gasteiger partial charge in [-0.05, 0) is 25.3 Å². The number of fused-ring (bicyclic) bond motifs is 1. The molecule has 0 unspecified atom stereocenters. The van der Waals surface area contributed by atoms with Gasteiger partial charge in [0, 0.05) is 37.3 Å². The van der Waals surface area contributed by atoms with Crippen LogP contribution in [0.3, 0.4) is 0 Å². The van der Waals surface area contributed by atoms with Crippen LogP contribution in [-0.4, -0.2) is 42.9 Å². The van der Waals surface area contributed by atoms with Crippen LogP contribution in [0.15, 0.2) is 43.0 Å². The summed E-state index contributed by atoms with van der Waals surface area (Å²) >= 11 is 0. The third kappa shape index (κ3) is 2.85. The molecule has 0 spiro atoms. The number of nitrogens with zero attached hydrogens (tertiary/aromatic N) is 5. The molecule has 1 aliphatic rings. The highest BCUT2D eigenvalue weighted by Crippen LogP contribution is 2.49. The molecule has 8 heteroatoms. The summed E-state index contributed by atoms with van der Waals surface area (Å²) in [7, 11) is 3.49. The maximum absolute atomic E-state index is 11.9. The average molecular weight is 380 g/mol. The van der Waals surface area contributed by atoms with Gasteiger partial charge in [-0.3, -0.25) is 9.48 Å². The molecule has 1 fully saturated rings. The molecular formula is C20H24N6O2. The number of carbonyl (C=O) groups is 1. The smallest absolute Gasteiger partial charge is 0.246 e. The van der Waals surface area contributed by atoms with Crippen LogP contribution in [0.1, 0.15) is 20.3 Å². The molecule has 3 heterocycles. The fraction of sp³-hybridized carbons (Fsp3) is 0.400. The Morgan fingerprint density at radius 1 is 1.39 bits per heavy atom. The fourth-order valence-corrected chi connectivity index (χ4v) is 3.84. The molecule has 3 atom stereocenters. The van der Waals surface area contributed by atoms with Crippen LogP contribution in [0.25, 0.3) is 16.8 Å². The summed E-state index contributed by atoms with van der Waals surface area (Å²) in [6.45, 7) is 8.10. The van der Waals surface area contributed by atoms with Gasteiger partial charge in [0.1, 0.15) is 11.1 Å². The van der Waals surface area contributed by atoms with Gasteiger partial charge in [0.05, 0.1) is 24.3 Å². The van der Waals surface area contributed by atoms with Crippen LogP contribution < -0.4 is 10.1 Å². The minimum Gasteiger partial charge on any atom is -0.469 e. The van der Waals surface area contributed by atoms with Gasteiger partial charge < -0.3 is 10.1 Å². The second-order valence-electron chi connectivity index (χ2n) is 7.61. The summed E-state index contributed by atoms with van der Waals surface area (Å²) in [5, 5.41) is 11.2. The number of hydrogen-bond donors (Lipinski definition) is 1. The number of ether oxygens (including phenoxy) is 1. The summed E-state index contributed by atoms with van der Waals surface area (Å²) in [6.07, 6.45) is 7.96. The number of aromatic nitrogens is 5. The molecule has 8 nitrogen and oxygen atoms in total. The zero-order valence-electron chi connectivity index (χ0n) is 16.5. The lowest BCUT2D eigenvalue weighted by atomic mass is 9.60. The molecule has 0 saturated heterocycles. The van der Waals surface area contributed by atoms with E-state index in [1.807, 2.05) is 25.5 Å². The molecule has 0 radical (unpaired) electrons. The molecule has 0 aromatic carbocycles. The van der Waals surface area contributed by atoms with E-state index in [9.17, 15) is 4.79 Å². The monoisotopic (exact) mass is 380 g/mol. The zero-order valence-corrected chi connectivity index (χ0v) is 16.5. The Labute approximate surface area is 163 Å². The van der Waals surface area contributed by atoms with Crippen LogP contribution in [0.5, 0.6) is 5.88 Å². The van der Waals surface area contributed by atoms with Gasteiger partial charge in [-0.2, -0.15) is 10.2 Å². The van der Waals surface area contributed by atoms with Crippen molar-refractivity contribution in [3.05, 3.63) is 43.0 Å². The second kappa shape index (κ2) is 6.47. The number of amides is 1. The quantitative estimate of drug-likeness (QED) is 0.686. The van der Waals surface area contributed by atoms with Crippen molar-refractivity contribution in [1.82, 2.24) is 29.7 Å². The van der Waals surface area contributed by atoms with Crippen molar-refractivity contribution < 1.29 is 9.53 Å². The molecule has 1 saturated carbocycles. The largest absolute Gasteiger partial charge is 0.469 e. The van der Waals surface area contributed by atoms with Crippen molar-refractivity contribution in [2.75, 3.05) is 7.05 Å². The van der Waals surface area contributed by atoms with Crippen LogP contribution in [0, 0.1) is 11.8 Å². The number of aryl methyl sites for hydroxylation is 1. The van der Waals surface area contributed by atoms with E-state index in [-0.39, 0.29) is 17.7 Å². The molecule has 1 amide bonds. The Morgan fingerprint density at radius 2 is 2.18 bits per heavy atom. The summed E-state index contributed by atoms with van der Waals surface area (Å²) in [5.74, 6) is 0.627. The van der Waals surface area contributed by atoms with E-state index in [1.165, 1.54) is 0 Å². The van der Waals surface area contributed by atoms with Crippen molar-refractivity contribution in [1.29, 1.82) is 0 Å². The van der Waals surface area contributed by atoms with Crippen LogP contribution >= 0.6 is 0 Å². The summed E-state index contributed by atoms with van der Waals surface area (Å²) in [5.41, 5.74) is 2.59. The molecule has 28 heavy (non-hydrogen) atoms. The first kappa shape index (κ1) is 18.2. The first-order valence-electron chi connectivity index (χ1n) is 9.25. The number of rotatable bonds is 5. The average Bonchev–Trinajstić information content (AvgIpc) is 3.33. The maximum Gasteiger partial charge on any atom is 0.246 e. The summed E-state index contributed by atoms with van der Waals surface area (Å²) < 4.78 is 9.91. The number of carbonyl (C=O) groups excluding carboxylic acids is 1. The SMILES string of the molecule is C=C(C(=O)NC)[C@H]1C[C@](C)(Oc2nc(-c3cnn(C)c3)cn3nccc23)[C@@H]1C. The van der Waals surface area contributed by atoms with Crippen molar-refractivity contribution >= 4 is 11.4 Å². The van der Waals surface area contributed by atoms with E-state index in [0.29, 0.717) is 17.9 Å². The molecule has 4 rings (SSSR count). The van der Waals surface area contributed by atoms with Crippen molar-refractivity contribution in [2.24, 2.45) is 18.9 Å². The lowest BCUT2D eigenvalue weighted by Crippen LogP contribution is -2.56. The molecule has 3 aromatic rings. The predicted octanol–water partition coefficient (Wildman–Crippen LogP) is 2.23. The van der Waals surface area contributed by atoms with Gasteiger partial charge >= 0.3 is 0 Å². The van der Waals surface area contributed by atoms with Crippen LogP contribution in [0.4, 0.5) is 0 Å². The zero-order chi connectivity index (χ0) is 20.1. The van der Waals surface area contributed by atoms with Crippen molar-refractivity contribution in [3.8, 4) is 17.1 Å². The molecule has 3 aromatic heterocycles. The topological polar surface area (TPSA) is 86.3 Å². The van der Waals surface area contributed by atoms with Crippen LogP contribution in [0.2, 0.25) is 0 Å². The Hall–Kier alpha value is -3.16. The lowest BCUT2D eigenvalue weighted by molar-refractivity contribution is -0.122. The molecule has 0 aliphatic heterocycles. The predicted molar refractivity (Wildman–Crippen MR) is 105 cm³/mol. The first-order valence-corrected chi connectivity index (χ1v) is 9.25. The normalized spacial score (nSPS) is 24.0. The highest BCUT2D eigenvalue weighted by molar-refractivity contribution is 5.93. The second-order valence-corrected chi connectivity index (χ2v) is 7.61. The third-order valence-electron chi connectivity index (χ3n) is 5.84. The van der Waals surface area contributed by atoms with E-state index in [4.69, 9.17) is 9.72 Å². The van der Waals surface area contributed by atoms with Gasteiger partial charge in [-0.1, -0.05) is 13.5 Å². The van der Waals surface area contributed by atoms with E-state index in [1.54, 1.807) is 28.6 Å². The Kier molecular flexibility index (Phi) is 4.21. The molecule has 1 aliphatic carbocycles. The molecule has 1 N–H and O–H groups in total. The highest BCUT2D eigenvalue weighted by Gasteiger charge is 2.52. The Bertz CT molecular complexity index is 1070. The highest BCUT2D eigenvalue weighted by atomic mass is 16.5. The summed E-state index contributed by atoms with van der Waals surface area (Å²) in [6, 6.07) is 1.88. The minimum atomic E-state index is -0.438. The van der Waals surface area contributed by atoms with Gasteiger partial charge in [-0.15, -0.1) is 0 Å².